The van der Waals surface area contributed by atoms with E-state index in [9.17, 15) is 9.90 Å². The van der Waals surface area contributed by atoms with Crippen molar-refractivity contribution in [3.8, 4) is 11.6 Å². The predicted octanol–water partition coefficient (Wildman–Crippen LogP) is 8.87. The van der Waals surface area contributed by atoms with Crippen molar-refractivity contribution in [1.82, 2.24) is 10.1 Å². The second kappa shape index (κ2) is 13.9. The van der Waals surface area contributed by atoms with Crippen LogP contribution in [0.2, 0.25) is 18.1 Å². The lowest BCUT2D eigenvalue weighted by molar-refractivity contribution is -0.140. The summed E-state index contributed by atoms with van der Waals surface area (Å²) in [6.45, 7) is 18.5. The zero-order valence-corrected chi connectivity index (χ0v) is 34.9. The van der Waals surface area contributed by atoms with Gasteiger partial charge in [-0.25, -0.2) is 0 Å². The molecule has 4 atom stereocenters. The van der Waals surface area contributed by atoms with Crippen molar-refractivity contribution in [2.24, 2.45) is 17.3 Å². The standard InChI is InChI=1S/C43H56N2O8Si/c1-24-27(30(46)18-19-41(2,3)4)22-31(50-10)28-20-26-21-29-35(45(8)9)37-34(40(44-52-37)51-23-25-16-14-13-15-17-25)39(49)43(29,53-54(11,12)42(5,6)7)38(48)33(26)36(47)32(24)28/h13-17,22,26,29,35,47H,18-21,23H2,1-12H3/t26-,29-,35-,43-/m0/s1. The molecule has 10 nitrogen and oxygen atoms in total. The minimum absolute atomic E-state index is 0.00321. The van der Waals surface area contributed by atoms with E-state index in [1.54, 1.807) is 13.2 Å². The smallest absolute Gasteiger partial charge is 0.265 e. The molecule has 0 unspecified atom stereocenters. The third-order valence-corrected chi connectivity index (χ3v) is 16.6. The molecule has 290 valence electrons. The molecule has 1 saturated carbocycles. The zero-order chi connectivity index (χ0) is 39.7. The summed E-state index contributed by atoms with van der Waals surface area (Å²) in [5, 5.41) is 16.3. The van der Waals surface area contributed by atoms with Crippen LogP contribution in [0, 0.1) is 24.2 Å². The van der Waals surface area contributed by atoms with Gasteiger partial charge in [0.05, 0.1) is 13.2 Å². The van der Waals surface area contributed by atoms with E-state index in [2.05, 4.69) is 46.7 Å². The molecule has 0 aliphatic heterocycles. The lowest BCUT2D eigenvalue weighted by Gasteiger charge is -2.55. The van der Waals surface area contributed by atoms with Gasteiger partial charge >= 0.3 is 0 Å². The molecule has 54 heavy (non-hydrogen) atoms. The average molecular weight is 757 g/mol. The monoisotopic (exact) mass is 756 g/mol. The van der Waals surface area contributed by atoms with Crippen LogP contribution in [0.3, 0.4) is 0 Å². The number of aromatic nitrogens is 1. The molecule has 3 aromatic rings. The number of methoxy groups -OCH3 is 1. The van der Waals surface area contributed by atoms with Crippen molar-refractivity contribution < 1.29 is 37.9 Å². The van der Waals surface area contributed by atoms with E-state index < -0.39 is 43.4 Å². The van der Waals surface area contributed by atoms with Gasteiger partial charge in [-0.3, -0.25) is 19.3 Å². The first kappa shape index (κ1) is 39.6. The summed E-state index contributed by atoms with van der Waals surface area (Å²) in [6.07, 6.45) is 1.72. The van der Waals surface area contributed by atoms with Crippen molar-refractivity contribution in [2.45, 2.75) is 111 Å². The summed E-state index contributed by atoms with van der Waals surface area (Å²) in [4.78, 5) is 46.8. The highest BCUT2D eigenvalue weighted by Gasteiger charge is 2.69. The predicted molar refractivity (Wildman–Crippen MR) is 210 cm³/mol. The molecule has 11 heteroatoms. The Labute approximate surface area is 320 Å². The van der Waals surface area contributed by atoms with Gasteiger partial charge in [-0.05, 0) is 92.1 Å². The van der Waals surface area contributed by atoms with Crippen LogP contribution in [0.5, 0.6) is 11.6 Å². The number of carbonyl (C=O) groups is 3. The summed E-state index contributed by atoms with van der Waals surface area (Å²) in [6, 6.07) is 10.7. The topological polar surface area (TPSA) is 128 Å². The summed E-state index contributed by atoms with van der Waals surface area (Å²) in [5.41, 5.74) is 1.26. The first-order chi connectivity index (χ1) is 25.1. The number of ketones is 3. The summed E-state index contributed by atoms with van der Waals surface area (Å²) < 4.78 is 25.3. The van der Waals surface area contributed by atoms with Gasteiger partial charge in [-0.1, -0.05) is 71.9 Å². The molecule has 0 radical (unpaired) electrons. The molecule has 1 aromatic heterocycles. The molecule has 3 aliphatic rings. The molecular weight excluding hydrogens is 701 g/mol. The summed E-state index contributed by atoms with van der Waals surface area (Å²) in [5.74, 6) is -1.73. The third kappa shape index (κ3) is 6.55. The largest absolute Gasteiger partial charge is 0.507 e. The SMILES string of the molecule is COc1cc(C(=O)CCC(C)(C)C)c(C)c2c1C[C@H]1C[C@H]3[C@H](N(C)C)c4onc(OCc5ccccc5)c4C(=O)[C@@]3(O[Si](C)(C)C(C)(C)C)C(=O)C1=C2O. The minimum atomic E-state index is -2.89. The maximum absolute atomic E-state index is 15.7. The van der Waals surface area contributed by atoms with Crippen molar-refractivity contribution in [1.29, 1.82) is 0 Å². The lowest BCUT2D eigenvalue weighted by Crippen LogP contribution is -2.68. The first-order valence-corrected chi connectivity index (χ1v) is 21.8. The Bertz CT molecular complexity index is 2020. The Balaban J connectivity index is 1.56. The van der Waals surface area contributed by atoms with Crippen molar-refractivity contribution >= 4 is 31.4 Å². The number of aliphatic hydroxyl groups is 1. The highest BCUT2D eigenvalue weighted by atomic mass is 28.4. The Morgan fingerprint density at radius 2 is 1.72 bits per heavy atom. The van der Waals surface area contributed by atoms with E-state index in [1.807, 2.05) is 69.3 Å². The number of aliphatic hydroxyl groups excluding tert-OH is 1. The number of Topliss-reactive ketones (excluding diaryl/α,β-unsaturated/α-hetero) is 3. The molecule has 6 rings (SSSR count). The van der Waals surface area contributed by atoms with Crippen LogP contribution in [0.4, 0.5) is 0 Å². The summed E-state index contributed by atoms with van der Waals surface area (Å²) in [7, 11) is 2.45. The fraction of sp³-hybridized carbons (Fsp3) is 0.535. The zero-order valence-electron chi connectivity index (χ0n) is 33.9. The normalized spacial score (nSPS) is 22.8. The van der Waals surface area contributed by atoms with Crippen LogP contribution in [-0.2, 0) is 22.2 Å². The van der Waals surface area contributed by atoms with Gasteiger partial charge in [0.15, 0.2) is 25.5 Å². The van der Waals surface area contributed by atoms with E-state index in [1.165, 1.54) is 0 Å². The van der Waals surface area contributed by atoms with Crippen LogP contribution in [-0.4, -0.2) is 67.6 Å². The number of carbonyl (C=O) groups excluding carboxylic acids is 3. The number of hydrogen-bond donors (Lipinski definition) is 1. The van der Waals surface area contributed by atoms with E-state index in [0.29, 0.717) is 53.9 Å². The molecule has 2 aromatic carbocycles. The molecule has 1 fully saturated rings. The Morgan fingerprint density at radius 3 is 2.31 bits per heavy atom. The maximum atomic E-state index is 15.7. The van der Waals surface area contributed by atoms with Gasteiger partial charge in [0, 0.05) is 34.6 Å². The third-order valence-electron chi connectivity index (χ3n) is 12.2. The Kier molecular flexibility index (Phi) is 10.2. The number of hydrogen-bond acceptors (Lipinski definition) is 10. The van der Waals surface area contributed by atoms with Crippen LogP contribution in [0.25, 0.3) is 5.76 Å². The number of fused-ring (bicyclic) bond motifs is 4. The minimum Gasteiger partial charge on any atom is -0.507 e. The fourth-order valence-electron chi connectivity index (χ4n) is 8.27. The summed E-state index contributed by atoms with van der Waals surface area (Å²) >= 11 is 0. The van der Waals surface area contributed by atoms with E-state index in [4.69, 9.17) is 18.4 Å². The Morgan fingerprint density at radius 1 is 1.06 bits per heavy atom. The quantitative estimate of drug-likeness (QED) is 0.122. The second-order valence-electron chi connectivity index (χ2n) is 18.3. The Hall–Kier alpha value is -4.06. The molecule has 3 aliphatic carbocycles. The average Bonchev–Trinajstić information content (AvgIpc) is 3.50. The maximum Gasteiger partial charge on any atom is 0.265 e. The highest BCUT2D eigenvalue weighted by Crippen LogP contribution is 2.59. The lowest BCUT2D eigenvalue weighted by atomic mass is 9.57. The number of nitrogens with zero attached hydrogens (tertiary/aromatic N) is 2. The first-order valence-electron chi connectivity index (χ1n) is 18.9. The van der Waals surface area contributed by atoms with Crippen LogP contribution < -0.4 is 9.47 Å². The van der Waals surface area contributed by atoms with Gasteiger partial charge in [-0.2, -0.15) is 0 Å². The van der Waals surface area contributed by atoms with Crippen molar-refractivity contribution in [3.05, 3.63) is 81.1 Å². The van der Waals surface area contributed by atoms with E-state index in [-0.39, 0.29) is 45.6 Å². The number of rotatable bonds is 10. The van der Waals surface area contributed by atoms with Gasteiger partial charge in [0.1, 0.15) is 23.7 Å². The molecule has 1 heterocycles. The highest BCUT2D eigenvalue weighted by molar-refractivity contribution is 6.74. The molecule has 0 spiro atoms. The van der Waals surface area contributed by atoms with Crippen molar-refractivity contribution in [3.63, 3.8) is 0 Å². The second-order valence-corrected chi connectivity index (χ2v) is 23.0. The molecular formula is C43H56N2O8Si. The van der Waals surface area contributed by atoms with Crippen LogP contribution in [0.15, 0.2) is 46.5 Å². The van der Waals surface area contributed by atoms with Gasteiger partial charge in [-0.15, -0.1) is 0 Å². The van der Waals surface area contributed by atoms with E-state index >= 15 is 9.59 Å². The van der Waals surface area contributed by atoms with Crippen LogP contribution >= 0.6 is 0 Å². The number of ether oxygens (including phenoxy) is 2. The van der Waals surface area contributed by atoms with E-state index in [0.717, 1.165) is 11.1 Å². The molecule has 0 bridgehead atoms. The molecule has 0 saturated heterocycles. The van der Waals surface area contributed by atoms with Crippen LogP contribution in [0.1, 0.15) is 116 Å². The van der Waals surface area contributed by atoms with Gasteiger partial charge < -0.3 is 23.5 Å². The fourth-order valence-corrected chi connectivity index (χ4v) is 9.72. The number of benzene rings is 2. The van der Waals surface area contributed by atoms with Gasteiger partial charge in [0.25, 0.3) is 5.88 Å². The molecule has 0 amide bonds. The molecule has 1 N–H and O–H groups in total. The van der Waals surface area contributed by atoms with Crippen molar-refractivity contribution in [2.75, 3.05) is 21.2 Å². The van der Waals surface area contributed by atoms with Gasteiger partial charge in [0.2, 0.25) is 11.6 Å².